The van der Waals surface area contributed by atoms with Crippen molar-refractivity contribution in [2.24, 2.45) is 0 Å². The summed E-state index contributed by atoms with van der Waals surface area (Å²) in [6.45, 7) is 7.52. The molecule has 0 aliphatic carbocycles. The molecule has 0 aromatic carbocycles. The van der Waals surface area contributed by atoms with Crippen molar-refractivity contribution in [2.75, 3.05) is 32.8 Å². The standard InChI is InChI=1S/C12H18N2O4/c1-9(7-14-3-5-16-6-4-14)18-12(15)11-10(2)17-8-13-11/h8-9H,3-7H2,1-2H3. The highest BCUT2D eigenvalue weighted by molar-refractivity contribution is 5.88. The highest BCUT2D eigenvalue weighted by Gasteiger charge is 2.20. The van der Waals surface area contributed by atoms with E-state index in [-0.39, 0.29) is 11.8 Å². The molecule has 0 saturated carbocycles. The molecule has 1 aromatic heterocycles. The minimum atomic E-state index is -0.429. The molecule has 1 aliphatic rings. The lowest BCUT2D eigenvalue weighted by molar-refractivity contribution is 0.0000670. The van der Waals surface area contributed by atoms with Gasteiger partial charge in [-0.05, 0) is 13.8 Å². The predicted octanol–water partition coefficient (Wildman–Crippen LogP) is 0.861. The van der Waals surface area contributed by atoms with Crippen molar-refractivity contribution in [1.29, 1.82) is 0 Å². The third-order valence-electron chi connectivity index (χ3n) is 2.87. The summed E-state index contributed by atoms with van der Waals surface area (Å²) in [6.07, 6.45) is 1.07. The molecule has 1 fully saturated rings. The first-order valence-electron chi connectivity index (χ1n) is 6.08. The Morgan fingerprint density at radius 2 is 2.28 bits per heavy atom. The van der Waals surface area contributed by atoms with E-state index in [9.17, 15) is 4.79 Å². The topological polar surface area (TPSA) is 64.8 Å². The zero-order valence-corrected chi connectivity index (χ0v) is 10.7. The second-order valence-electron chi connectivity index (χ2n) is 4.39. The maximum atomic E-state index is 11.8. The zero-order valence-electron chi connectivity index (χ0n) is 10.7. The molecule has 1 atom stereocenters. The molecule has 100 valence electrons. The number of hydrogen-bond donors (Lipinski definition) is 0. The minimum Gasteiger partial charge on any atom is -0.456 e. The fraction of sp³-hybridized carbons (Fsp3) is 0.667. The van der Waals surface area contributed by atoms with Gasteiger partial charge in [-0.15, -0.1) is 0 Å². The van der Waals surface area contributed by atoms with E-state index < -0.39 is 5.97 Å². The quantitative estimate of drug-likeness (QED) is 0.742. The van der Waals surface area contributed by atoms with E-state index in [0.29, 0.717) is 12.3 Å². The number of rotatable bonds is 4. The number of aryl methyl sites for hydroxylation is 1. The Bertz CT molecular complexity index is 399. The number of esters is 1. The Balaban J connectivity index is 1.81. The van der Waals surface area contributed by atoms with Gasteiger partial charge in [0.2, 0.25) is 0 Å². The van der Waals surface area contributed by atoms with Gasteiger partial charge in [-0.25, -0.2) is 9.78 Å². The normalized spacial score (nSPS) is 18.6. The summed E-state index contributed by atoms with van der Waals surface area (Å²) in [6, 6.07) is 0. The molecule has 0 N–H and O–H groups in total. The smallest absolute Gasteiger partial charge is 0.360 e. The average molecular weight is 254 g/mol. The van der Waals surface area contributed by atoms with Gasteiger partial charge in [-0.2, -0.15) is 0 Å². The Labute approximate surface area is 106 Å². The lowest BCUT2D eigenvalue weighted by atomic mass is 10.3. The van der Waals surface area contributed by atoms with Crippen LogP contribution in [0.3, 0.4) is 0 Å². The maximum absolute atomic E-state index is 11.8. The summed E-state index contributed by atoms with van der Waals surface area (Å²) >= 11 is 0. The van der Waals surface area contributed by atoms with Gasteiger partial charge in [0.15, 0.2) is 12.1 Å². The molecule has 2 rings (SSSR count). The van der Waals surface area contributed by atoms with Crippen LogP contribution in [0.1, 0.15) is 23.2 Å². The molecule has 0 bridgehead atoms. The van der Waals surface area contributed by atoms with Crippen LogP contribution in [0.25, 0.3) is 0 Å². The van der Waals surface area contributed by atoms with E-state index in [1.54, 1.807) is 6.92 Å². The van der Waals surface area contributed by atoms with Crippen LogP contribution in [0.15, 0.2) is 10.8 Å². The Morgan fingerprint density at radius 1 is 1.56 bits per heavy atom. The van der Waals surface area contributed by atoms with Crippen LogP contribution < -0.4 is 0 Å². The number of hydrogen-bond acceptors (Lipinski definition) is 6. The molecule has 6 heteroatoms. The number of aromatic nitrogens is 1. The highest BCUT2D eigenvalue weighted by Crippen LogP contribution is 2.09. The third kappa shape index (κ3) is 3.30. The van der Waals surface area contributed by atoms with Crippen molar-refractivity contribution >= 4 is 5.97 Å². The fourth-order valence-electron chi connectivity index (χ4n) is 1.92. The average Bonchev–Trinajstić information content (AvgIpc) is 2.76. The molecule has 1 aliphatic heterocycles. The largest absolute Gasteiger partial charge is 0.456 e. The number of nitrogens with zero attached hydrogens (tertiary/aromatic N) is 2. The molecule has 6 nitrogen and oxygen atoms in total. The van der Waals surface area contributed by atoms with E-state index in [2.05, 4.69) is 9.88 Å². The van der Waals surface area contributed by atoms with E-state index in [0.717, 1.165) is 26.3 Å². The molecule has 1 unspecified atom stereocenters. The molecule has 2 heterocycles. The van der Waals surface area contributed by atoms with Gasteiger partial charge in [-0.3, -0.25) is 4.90 Å². The van der Waals surface area contributed by atoms with Crippen LogP contribution in [0, 0.1) is 6.92 Å². The van der Waals surface area contributed by atoms with Crippen LogP contribution in [0.4, 0.5) is 0 Å². The minimum absolute atomic E-state index is 0.174. The van der Waals surface area contributed by atoms with E-state index >= 15 is 0 Å². The lowest BCUT2D eigenvalue weighted by Gasteiger charge is -2.28. The maximum Gasteiger partial charge on any atom is 0.360 e. The summed E-state index contributed by atoms with van der Waals surface area (Å²) in [4.78, 5) is 17.9. The number of carbonyl (C=O) groups is 1. The van der Waals surface area contributed by atoms with Gasteiger partial charge in [0.1, 0.15) is 11.9 Å². The monoisotopic (exact) mass is 254 g/mol. The molecular formula is C12H18N2O4. The molecule has 1 aromatic rings. The summed E-state index contributed by atoms with van der Waals surface area (Å²) in [5, 5.41) is 0. The first kappa shape index (κ1) is 13.0. The van der Waals surface area contributed by atoms with Crippen molar-refractivity contribution in [1.82, 2.24) is 9.88 Å². The molecule has 18 heavy (non-hydrogen) atoms. The van der Waals surface area contributed by atoms with Crippen LogP contribution in [0.5, 0.6) is 0 Å². The number of ether oxygens (including phenoxy) is 2. The number of morpholine rings is 1. The van der Waals surface area contributed by atoms with Gasteiger partial charge in [0.25, 0.3) is 0 Å². The second-order valence-corrected chi connectivity index (χ2v) is 4.39. The van der Waals surface area contributed by atoms with Gasteiger partial charge in [0, 0.05) is 19.6 Å². The van der Waals surface area contributed by atoms with Crippen molar-refractivity contribution in [3.8, 4) is 0 Å². The molecule has 0 radical (unpaired) electrons. The summed E-state index contributed by atoms with van der Waals surface area (Å²) < 4.78 is 15.6. The first-order valence-corrected chi connectivity index (χ1v) is 6.08. The SMILES string of the molecule is Cc1ocnc1C(=O)OC(C)CN1CCOCC1. The third-order valence-corrected chi connectivity index (χ3v) is 2.87. The molecule has 0 amide bonds. The predicted molar refractivity (Wildman–Crippen MR) is 63.4 cm³/mol. The second kappa shape index (κ2) is 5.97. The van der Waals surface area contributed by atoms with Crippen molar-refractivity contribution in [3.63, 3.8) is 0 Å². The Morgan fingerprint density at radius 3 is 2.89 bits per heavy atom. The zero-order chi connectivity index (χ0) is 13.0. The molecule has 0 spiro atoms. The first-order chi connectivity index (χ1) is 8.66. The lowest BCUT2D eigenvalue weighted by Crippen LogP contribution is -2.41. The van der Waals surface area contributed by atoms with Crippen LogP contribution in [-0.2, 0) is 9.47 Å². The fourth-order valence-corrected chi connectivity index (χ4v) is 1.92. The summed E-state index contributed by atoms with van der Waals surface area (Å²) in [5.41, 5.74) is 0.254. The van der Waals surface area contributed by atoms with Gasteiger partial charge in [0.05, 0.1) is 13.2 Å². The van der Waals surface area contributed by atoms with Crippen molar-refractivity contribution in [3.05, 3.63) is 17.8 Å². The van der Waals surface area contributed by atoms with Crippen LogP contribution in [0.2, 0.25) is 0 Å². The van der Waals surface area contributed by atoms with Gasteiger partial charge < -0.3 is 13.9 Å². The highest BCUT2D eigenvalue weighted by atomic mass is 16.5. The van der Waals surface area contributed by atoms with Crippen molar-refractivity contribution < 1.29 is 18.7 Å². The van der Waals surface area contributed by atoms with E-state index in [4.69, 9.17) is 13.9 Å². The summed E-state index contributed by atoms with van der Waals surface area (Å²) in [5.74, 6) is 0.0561. The van der Waals surface area contributed by atoms with E-state index in [1.165, 1.54) is 6.39 Å². The molecule has 1 saturated heterocycles. The van der Waals surface area contributed by atoms with E-state index in [1.807, 2.05) is 6.92 Å². The Kier molecular flexibility index (Phi) is 4.33. The number of oxazole rings is 1. The van der Waals surface area contributed by atoms with Crippen LogP contribution in [-0.4, -0.2) is 54.8 Å². The van der Waals surface area contributed by atoms with Gasteiger partial charge >= 0.3 is 5.97 Å². The molecular weight excluding hydrogens is 236 g/mol. The number of carbonyl (C=O) groups excluding carboxylic acids is 1. The summed E-state index contributed by atoms with van der Waals surface area (Å²) in [7, 11) is 0. The van der Waals surface area contributed by atoms with Crippen molar-refractivity contribution in [2.45, 2.75) is 20.0 Å². The van der Waals surface area contributed by atoms with Crippen LogP contribution >= 0.6 is 0 Å². The van der Waals surface area contributed by atoms with Gasteiger partial charge in [-0.1, -0.05) is 0 Å². The Hall–Kier alpha value is -1.40.